The van der Waals surface area contributed by atoms with Crippen LogP contribution < -0.4 is 0 Å². The zero-order chi connectivity index (χ0) is 17.8. The van der Waals surface area contributed by atoms with Crippen molar-refractivity contribution in [3.63, 3.8) is 0 Å². The van der Waals surface area contributed by atoms with Crippen LogP contribution in [0.2, 0.25) is 0 Å². The maximum absolute atomic E-state index is 13.3. The highest BCUT2D eigenvalue weighted by Crippen LogP contribution is 2.26. The number of morpholine rings is 1. The van der Waals surface area contributed by atoms with Crippen molar-refractivity contribution in [2.45, 2.75) is 12.1 Å². The molecule has 132 valence electrons. The number of amides is 1. The van der Waals surface area contributed by atoms with Crippen molar-refractivity contribution in [2.24, 2.45) is 0 Å². The monoisotopic (exact) mass is 349 g/mol. The molecule has 0 saturated carbocycles. The van der Waals surface area contributed by atoms with E-state index in [1.54, 1.807) is 0 Å². The second kappa shape index (κ2) is 7.45. The maximum Gasteiger partial charge on any atom is 0.252 e. The van der Waals surface area contributed by atoms with Crippen molar-refractivity contribution in [2.75, 3.05) is 19.7 Å². The van der Waals surface area contributed by atoms with Crippen LogP contribution in [0.3, 0.4) is 0 Å². The summed E-state index contributed by atoms with van der Waals surface area (Å²) in [5.41, 5.74) is 1.93. The summed E-state index contributed by atoms with van der Waals surface area (Å²) < 4.78 is 7.38. The fraction of sp³-hybridized carbons (Fsp3) is 0.263. The molecule has 2 heterocycles. The molecule has 7 nitrogen and oxygen atoms in total. The average Bonchev–Trinajstić information content (AvgIpc) is 3.24. The molecule has 1 fully saturated rings. The van der Waals surface area contributed by atoms with E-state index in [1.165, 1.54) is 11.0 Å². The third-order valence-corrected chi connectivity index (χ3v) is 4.53. The predicted molar refractivity (Wildman–Crippen MR) is 94.1 cm³/mol. The lowest BCUT2D eigenvalue weighted by atomic mass is 10.0. The van der Waals surface area contributed by atoms with Crippen LogP contribution >= 0.6 is 0 Å². The van der Waals surface area contributed by atoms with E-state index in [0.29, 0.717) is 19.7 Å². The Morgan fingerprint density at radius 3 is 2.50 bits per heavy atom. The number of aromatic nitrogens is 4. The Kier molecular flexibility index (Phi) is 4.70. The lowest BCUT2D eigenvalue weighted by molar-refractivity contribution is -0.141. The van der Waals surface area contributed by atoms with E-state index >= 15 is 0 Å². The van der Waals surface area contributed by atoms with Gasteiger partial charge in [-0.25, -0.2) is 4.68 Å². The summed E-state index contributed by atoms with van der Waals surface area (Å²) in [4.78, 5) is 15.2. The number of carbonyl (C=O) groups excluding carboxylic acids is 1. The minimum atomic E-state index is -0.583. The van der Waals surface area contributed by atoms with Gasteiger partial charge in [0.25, 0.3) is 5.91 Å². The van der Waals surface area contributed by atoms with Crippen molar-refractivity contribution < 1.29 is 9.53 Å². The Balaban J connectivity index is 1.59. The van der Waals surface area contributed by atoms with Gasteiger partial charge in [0.05, 0.1) is 13.2 Å². The summed E-state index contributed by atoms with van der Waals surface area (Å²) in [6.45, 7) is 1.56. The van der Waals surface area contributed by atoms with Gasteiger partial charge in [-0.15, -0.1) is 5.10 Å². The first-order chi connectivity index (χ1) is 12.8. The van der Waals surface area contributed by atoms with E-state index in [1.807, 2.05) is 65.6 Å². The topological polar surface area (TPSA) is 73.1 Å². The van der Waals surface area contributed by atoms with Gasteiger partial charge < -0.3 is 9.64 Å². The van der Waals surface area contributed by atoms with E-state index < -0.39 is 6.04 Å². The molecule has 0 N–H and O–H groups in total. The number of ether oxygens (including phenoxy) is 1. The Morgan fingerprint density at radius 1 is 1.08 bits per heavy atom. The Morgan fingerprint density at radius 2 is 1.81 bits per heavy atom. The molecule has 1 aliphatic rings. The van der Waals surface area contributed by atoms with Gasteiger partial charge >= 0.3 is 0 Å². The number of tetrazole rings is 1. The highest BCUT2D eigenvalue weighted by atomic mass is 16.5. The minimum absolute atomic E-state index is 0.0345. The van der Waals surface area contributed by atoms with E-state index in [9.17, 15) is 4.79 Å². The molecule has 1 amide bonds. The average molecular weight is 349 g/mol. The normalized spacial score (nSPS) is 18.5. The predicted octanol–water partition coefficient (Wildman–Crippen LogP) is 1.86. The zero-order valence-corrected chi connectivity index (χ0v) is 14.2. The Hall–Kier alpha value is -3.06. The van der Waals surface area contributed by atoms with Crippen molar-refractivity contribution in [3.8, 4) is 0 Å². The fourth-order valence-electron chi connectivity index (χ4n) is 3.22. The molecular formula is C19H19N5O2. The second-order valence-electron chi connectivity index (χ2n) is 6.16. The molecule has 7 heteroatoms. The quantitative estimate of drug-likeness (QED) is 0.719. The molecule has 26 heavy (non-hydrogen) atoms. The van der Waals surface area contributed by atoms with Crippen LogP contribution in [0, 0.1) is 0 Å². The molecule has 0 bridgehead atoms. The maximum atomic E-state index is 13.3. The molecular weight excluding hydrogens is 330 g/mol. The van der Waals surface area contributed by atoms with Crippen LogP contribution in [0.4, 0.5) is 0 Å². The first-order valence-electron chi connectivity index (χ1n) is 8.55. The van der Waals surface area contributed by atoms with Gasteiger partial charge in [-0.1, -0.05) is 60.7 Å². The van der Waals surface area contributed by atoms with Crippen molar-refractivity contribution in [1.82, 2.24) is 25.1 Å². The zero-order valence-electron chi connectivity index (χ0n) is 14.2. The summed E-state index contributed by atoms with van der Waals surface area (Å²) in [6.07, 6.45) is 1.35. The number of nitrogens with zero attached hydrogens (tertiary/aromatic N) is 5. The molecule has 1 saturated heterocycles. The number of hydrogen-bond acceptors (Lipinski definition) is 5. The SMILES string of the molecule is O=C([C@H](c1ccccc1)n1cnnn1)N1CCO[C@H](c2ccccc2)C1. The molecule has 0 aliphatic carbocycles. The molecule has 2 aromatic carbocycles. The van der Waals surface area contributed by atoms with E-state index in [2.05, 4.69) is 15.5 Å². The van der Waals surface area contributed by atoms with Crippen LogP contribution in [0.25, 0.3) is 0 Å². The third kappa shape index (κ3) is 3.34. The van der Waals surface area contributed by atoms with Crippen molar-refractivity contribution >= 4 is 5.91 Å². The first-order valence-corrected chi connectivity index (χ1v) is 8.55. The van der Waals surface area contributed by atoms with Gasteiger partial charge in [-0.2, -0.15) is 0 Å². The smallest absolute Gasteiger partial charge is 0.252 e. The van der Waals surface area contributed by atoms with Gasteiger partial charge in [-0.05, 0) is 21.6 Å². The summed E-state index contributed by atoms with van der Waals surface area (Å²) in [5.74, 6) is -0.0345. The number of hydrogen-bond donors (Lipinski definition) is 0. The van der Waals surface area contributed by atoms with Crippen LogP contribution in [0.15, 0.2) is 67.0 Å². The molecule has 0 unspecified atom stereocenters. The van der Waals surface area contributed by atoms with Gasteiger partial charge in [0, 0.05) is 6.54 Å². The molecule has 1 aliphatic heterocycles. The molecule has 3 aromatic rings. The fourth-order valence-corrected chi connectivity index (χ4v) is 3.22. The molecule has 1 aromatic heterocycles. The lowest BCUT2D eigenvalue weighted by Gasteiger charge is -2.35. The lowest BCUT2D eigenvalue weighted by Crippen LogP contribution is -2.45. The standard InChI is InChI=1S/C19H19N5O2/c25-19(18(24-14-20-21-22-24)16-9-5-2-6-10-16)23-11-12-26-17(13-23)15-7-3-1-4-8-15/h1-10,14,17-18H,11-13H2/t17-,18-/m0/s1. The van der Waals surface area contributed by atoms with Crippen molar-refractivity contribution in [3.05, 3.63) is 78.1 Å². The highest BCUT2D eigenvalue weighted by molar-refractivity contribution is 5.83. The van der Waals surface area contributed by atoms with Gasteiger partial charge in [0.1, 0.15) is 12.4 Å². The largest absolute Gasteiger partial charge is 0.370 e. The first kappa shape index (κ1) is 16.4. The van der Waals surface area contributed by atoms with Gasteiger partial charge in [-0.3, -0.25) is 4.79 Å². The second-order valence-corrected chi connectivity index (χ2v) is 6.16. The van der Waals surface area contributed by atoms with Crippen LogP contribution in [-0.4, -0.2) is 50.7 Å². The van der Waals surface area contributed by atoms with E-state index in [4.69, 9.17) is 4.74 Å². The van der Waals surface area contributed by atoms with Crippen molar-refractivity contribution in [1.29, 1.82) is 0 Å². The summed E-state index contributed by atoms with van der Waals surface area (Å²) in [5, 5.41) is 11.4. The summed E-state index contributed by atoms with van der Waals surface area (Å²) >= 11 is 0. The Bertz CT molecular complexity index is 839. The Labute approximate surface area is 151 Å². The summed E-state index contributed by atoms with van der Waals surface area (Å²) in [6, 6.07) is 19.0. The molecule has 0 radical (unpaired) electrons. The third-order valence-electron chi connectivity index (χ3n) is 4.53. The number of carbonyl (C=O) groups is 1. The highest BCUT2D eigenvalue weighted by Gasteiger charge is 2.32. The van der Waals surface area contributed by atoms with Crippen LogP contribution in [-0.2, 0) is 9.53 Å². The van der Waals surface area contributed by atoms with Gasteiger partial charge in [0.2, 0.25) is 0 Å². The molecule has 2 atom stereocenters. The van der Waals surface area contributed by atoms with Crippen LogP contribution in [0.5, 0.6) is 0 Å². The van der Waals surface area contributed by atoms with Gasteiger partial charge in [0.15, 0.2) is 6.04 Å². The van der Waals surface area contributed by atoms with Crippen LogP contribution in [0.1, 0.15) is 23.3 Å². The number of benzene rings is 2. The number of rotatable bonds is 4. The molecule has 4 rings (SSSR count). The minimum Gasteiger partial charge on any atom is -0.370 e. The summed E-state index contributed by atoms with van der Waals surface area (Å²) in [7, 11) is 0. The molecule has 0 spiro atoms. The van der Waals surface area contributed by atoms with E-state index in [0.717, 1.165) is 11.1 Å². The van der Waals surface area contributed by atoms with E-state index in [-0.39, 0.29) is 12.0 Å².